The Hall–Kier alpha value is -6.88. The summed E-state index contributed by atoms with van der Waals surface area (Å²) in [6.45, 7) is 7.32. The average Bonchev–Trinajstić information content (AvgIpc) is 3.17. The number of fused-ring (bicyclic) bond motifs is 2. The Labute approximate surface area is 278 Å². The summed E-state index contributed by atoms with van der Waals surface area (Å²) >= 11 is 0. The number of benzene rings is 6. The summed E-state index contributed by atoms with van der Waals surface area (Å²) in [5, 5.41) is 14.1. The zero-order chi connectivity index (χ0) is 32.5. The van der Waals surface area contributed by atoms with Gasteiger partial charge >= 0.3 is 0 Å². The van der Waals surface area contributed by atoms with Crippen LogP contribution in [-0.4, -0.2) is 9.97 Å². The summed E-state index contributed by atoms with van der Waals surface area (Å²) in [5.74, 6) is 0. The van der Waals surface area contributed by atoms with Gasteiger partial charge in [0.05, 0.1) is 12.1 Å². The lowest BCUT2D eigenvalue weighted by atomic mass is 9.87. The van der Waals surface area contributed by atoms with Crippen LogP contribution in [0.15, 0.2) is 158 Å². The monoisotopic (exact) mass is 610 g/mol. The van der Waals surface area contributed by atoms with Crippen molar-refractivity contribution in [2.24, 2.45) is 0 Å². The van der Waals surface area contributed by atoms with E-state index in [0.29, 0.717) is 11.3 Å². The Bertz CT molecular complexity index is 2390. The van der Waals surface area contributed by atoms with E-state index in [9.17, 15) is 5.26 Å². The summed E-state index contributed by atoms with van der Waals surface area (Å²) in [6, 6.07) is 49.0. The molecule has 0 aliphatic rings. The molecule has 0 saturated heterocycles. The highest BCUT2D eigenvalue weighted by molar-refractivity contribution is 6.12. The predicted octanol–water partition coefficient (Wildman–Crippen LogP) is 11.5. The molecule has 0 bridgehead atoms. The fraction of sp³-hybridized carbons (Fsp3) is 0. The maximum absolute atomic E-state index is 9.29. The van der Waals surface area contributed by atoms with Crippen molar-refractivity contribution in [2.45, 2.75) is 0 Å². The summed E-state index contributed by atoms with van der Waals surface area (Å²) in [5.41, 5.74) is 12.0. The van der Waals surface area contributed by atoms with Gasteiger partial charge in [-0.05, 0) is 83.7 Å². The molecule has 4 nitrogen and oxygen atoms in total. The third-order valence-electron chi connectivity index (χ3n) is 8.92. The lowest BCUT2D eigenvalue weighted by Crippen LogP contribution is -1.90. The highest BCUT2D eigenvalue weighted by Crippen LogP contribution is 2.41. The maximum Gasteiger partial charge on any atom is 0.205 e. The normalized spacial score (nSPS) is 10.9. The van der Waals surface area contributed by atoms with Crippen LogP contribution in [0.3, 0.4) is 0 Å². The first-order chi connectivity index (χ1) is 23.7. The molecule has 0 saturated carbocycles. The fourth-order valence-electron chi connectivity index (χ4n) is 6.56. The second-order valence-corrected chi connectivity index (χ2v) is 11.7. The standard InChI is InChI=1S/C44H26N4/c1-46-36-23-35(27-48-28-36)31-12-16-33(17-13-31)38-19-21-44(42-9-5-3-7-40(38)42)43-20-18-37(39-6-2-4-8-41(39)43)32-14-10-30(11-15-32)34-22-29(24-45)25-47-26-34/h2-23,25-28H. The van der Waals surface area contributed by atoms with Gasteiger partial charge in [-0.1, -0.05) is 121 Å². The third kappa shape index (κ3) is 5.14. The number of pyridine rings is 2. The molecule has 4 heteroatoms. The second-order valence-electron chi connectivity index (χ2n) is 11.7. The van der Waals surface area contributed by atoms with Crippen molar-refractivity contribution in [3.63, 3.8) is 0 Å². The SMILES string of the molecule is [C-]#[N+]c1cncc(-c2ccc(-c3ccc(-c4ccc(-c5ccc(-c6cncc(C#N)c6)cc5)c5ccccc45)c4ccccc34)cc2)c1. The Balaban J connectivity index is 1.18. The van der Waals surface area contributed by atoms with Gasteiger partial charge in [-0.15, -0.1) is 0 Å². The van der Waals surface area contributed by atoms with Gasteiger partial charge in [-0.3, -0.25) is 9.97 Å². The van der Waals surface area contributed by atoms with Crippen LogP contribution < -0.4 is 0 Å². The molecule has 0 fully saturated rings. The van der Waals surface area contributed by atoms with Gasteiger partial charge in [0.1, 0.15) is 6.07 Å². The van der Waals surface area contributed by atoms with Gasteiger partial charge in [0.25, 0.3) is 0 Å². The first kappa shape index (κ1) is 28.6. The van der Waals surface area contributed by atoms with Crippen molar-refractivity contribution in [3.8, 4) is 61.7 Å². The molecular formula is C44H26N4. The smallest absolute Gasteiger partial charge is 0.205 e. The lowest BCUT2D eigenvalue weighted by molar-refractivity contribution is 1.30. The molecular weight excluding hydrogens is 585 g/mol. The molecule has 0 N–H and O–H groups in total. The van der Waals surface area contributed by atoms with Crippen LogP contribution in [0, 0.1) is 17.9 Å². The number of aromatic nitrogens is 2. The van der Waals surface area contributed by atoms with Crippen molar-refractivity contribution in [2.75, 3.05) is 0 Å². The third-order valence-corrected chi connectivity index (χ3v) is 8.92. The fourth-order valence-corrected chi connectivity index (χ4v) is 6.56. The molecule has 6 aromatic carbocycles. The van der Waals surface area contributed by atoms with Crippen LogP contribution in [0.1, 0.15) is 5.56 Å². The van der Waals surface area contributed by atoms with Crippen LogP contribution in [-0.2, 0) is 0 Å². The van der Waals surface area contributed by atoms with Gasteiger partial charge < -0.3 is 0 Å². The van der Waals surface area contributed by atoms with Crippen LogP contribution in [0.25, 0.3) is 82.0 Å². The van der Waals surface area contributed by atoms with Gasteiger partial charge in [0, 0.05) is 30.4 Å². The molecule has 2 aromatic heterocycles. The number of nitrogens with zero attached hydrogens (tertiary/aromatic N) is 4. The maximum atomic E-state index is 9.29. The topological polar surface area (TPSA) is 53.9 Å². The number of nitriles is 1. The van der Waals surface area contributed by atoms with Gasteiger partial charge in [0.2, 0.25) is 5.69 Å². The molecule has 0 radical (unpaired) electrons. The van der Waals surface area contributed by atoms with E-state index in [-0.39, 0.29) is 0 Å². The molecule has 8 rings (SSSR count). The minimum absolute atomic E-state index is 0.536. The number of hydrogen-bond donors (Lipinski definition) is 0. The highest BCUT2D eigenvalue weighted by Gasteiger charge is 2.14. The van der Waals surface area contributed by atoms with Crippen LogP contribution in [0.5, 0.6) is 0 Å². The molecule has 0 spiro atoms. The molecule has 8 aromatic rings. The van der Waals surface area contributed by atoms with Crippen molar-refractivity contribution >= 4 is 27.2 Å². The van der Waals surface area contributed by atoms with Crippen LogP contribution >= 0.6 is 0 Å². The largest absolute Gasteiger partial charge is 0.276 e. The van der Waals surface area contributed by atoms with Gasteiger partial charge in [-0.2, -0.15) is 5.26 Å². The average molecular weight is 611 g/mol. The van der Waals surface area contributed by atoms with Gasteiger partial charge in [0.15, 0.2) is 0 Å². The van der Waals surface area contributed by atoms with E-state index in [1.54, 1.807) is 24.8 Å². The van der Waals surface area contributed by atoms with Gasteiger partial charge in [-0.25, -0.2) is 4.85 Å². The molecule has 0 aliphatic heterocycles. The molecule has 0 amide bonds. The zero-order valence-electron chi connectivity index (χ0n) is 25.8. The van der Waals surface area contributed by atoms with Crippen molar-refractivity contribution in [3.05, 3.63) is 175 Å². The van der Waals surface area contributed by atoms with E-state index in [1.807, 2.05) is 12.1 Å². The molecule has 0 unspecified atom stereocenters. The van der Waals surface area contributed by atoms with Crippen molar-refractivity contribution < 1.29 is 0 Å². The molecule has 222 valence electrons. The highest BCUT2D eigenvalue weighted by atomic mass is 14.7. The van der Waals surface area contributed by atoms with Crippen LogP contribution in [0.4, 0.5) is 5.69 Å². The Morgan fingerprint density at radius 1 is 0.438 bits per heavy atom. The van der Waals surface area contributed by atoms with E-state index in [1.165, 1.54) is 43.8 Å². The minimum Gasteiger partial charge on any atom is -0.276 e. The quantitative estimate of drug-likeness (QED) is 0.182. The molecule has 2 heterocycles. The van der Waals surface area contributed by atoms with E-state index < -0.39 is 0 Å². The first-order valence-corrected chi connectivity index (χ1v) is 15.6. The summed E-state index contributed by atoms with van der Waals surface area (Å²) in [4.78, 5) is 12.0. The summed E-state index contributed by atoms with van der Waals surface area (Å²) in [7, 11) is 0. The van der Waals surface area contributed by atoms with E-state index >= 15 is 0 Å². The lowest BCUT2D eigenvalue weighted by Gasteiger charge is -2.16. The van der Waals surface area contributed by atoms with Crippen molar-refractivity contribution in [1.29, 1.82) is 5.26 Å². The Morgan fingerprint density at radius 2 is 0.854 bits per heavy atom. The van der Waals surface area contributed by atoms with E-state index in [4.69, 9.17) is 6.57 Å². The molecule has 0 atom stereocenters. The second kappa shape index (κ2) is 12.1. The van der Waals surface area contributed by atoms with Crippen molar-refractivity contribution in [1.82, 2.24) is 9.97 Å². The zero-order valence-corrected chi connectivity index (χ0v) is 25.8. The Kier molecular flexibility index (Phi) is 7.23. The molecule has 48 heavy (non-hydrogen) atoms. The minimum atomic E-state index is 0.536. The number of hydrogen-bond acceptors (Lipinski definition) is 3. The summed E-state index contributed by atoms with van der Waals surface area (Å²) < 4.78 is 0. The molecule has 0 aliphatic carbocycles. The Morgan fingerprint density at radius 3 is 1.33 bits per heavy atom. The van der Waals surface area contributed by atoms with Crippen LogP contribution in [0.2, 0.25) is 0 Å². The first-order valence-electron chi connectivity index (χ1n) is 15.6. The summed E-state index contributed by atoms with van der Waals surface area (Å²) in [6.07, 6.45) is 6.76. The van der Waals surface area contributed by atoms with E-state index in [0.717, 1.165) is 33.4 Å². The predicted molar refractivity (Wildman–Crippen MR) is 195 cm³/mol. The van der Waals surface area contributed by atoms with E-state index in [2.05, 4.69) is 142 Å². The number of rotatable bonds is 5.